The quantitative estimate of drug-likeness (QED) is 0.495. The fourth-order valence-corrected chi connectivity index (χ4v) is 3.93. The molecule has 2 heterocycles. The Morgan fingerprint density at radius 2 is 1.76 bits per heavy atom. The zero-order valence-corrected chi connectivity index (χ0v) is 16.0. The first-order valence-electron chi connectivity index (χ1n) is 8.93. The predicted molar refractivity (Wildman–Crippen MR) is 105 cm³/mol. The highest BCUT2D eigenvalue weighted by Gasteiger charge is 2.14. The molecule has 0 spiro atoms. The van der Waals surface area contributed by atoms with E-state index in [9.17, 15) is 18.0 Å². The van der Waals surface area contributed by atoms with E-state index in [1.54, 1.807) is 24.4 Å². The van der Waals surface area contributed by atoms with E-state index in [1.165, 1.54) is 23.5 Å². The van der Waals surface area contributed by atoms with Gasteiger partial charge in [0.2, 0.25) is 5.91 Å². The maximum absolute atomic E-state index is 14.0. The summed E-state index contributed by atoms with van der Waals surface area (Å²) in [5.41, 5.74) is 1.63. The number of hydrogen-bond acceptors (Lipinski definition) is 3. The van der Waals surface area contributed by atoms with Crippen LogP contribution in [0.15, 0.2) is 54.0 Å². The molecule has 0 unspecified atom stereocenters. The van der Waals surface area contributed by atoms with Crippen LogP contribution in [0.4, 0.5) is 13.2 Å². The molecule has 0 aliphatic heterocycles. The lowest BCUT2D eigenvalue weighted by Gasteiger charge is -2.07. The Hall–Kier alpha value is -3.13. The summed E-state index contributed by atoms with van der Waals surface area (Å²) < 4.78 is 43.1. The highest BCUT2D eigenvalue weighted by Crippen LogP contribution is 2.26. The molecular formula is C21H16F3N3OS. The van der Waals surface area contributed by atoms with Crippen LogP contribution in [0, 0.1) is 17.5 Å². The Morgan fingerprint density at radius 1 is 1.03 bits per heavy atom. The summed E-state index contributed by atoms with van der Waals surface area (Å²) in [7, 11) is 0. The van der Waals surface area contributed by atoms with Gasteiger partial charge in [-0.25, -0.2) is 18.2 Å². The van der Waals surface area contributed by atoms with E-state index in [-0.39, 0.29) is 30.3 Å². The number of thiazole rings is 1. The topological polar surface area (TPSA) is 46.4 Å². The number of fused-ring (bicyclic) bond motifs is 1. The van der Waals surface area contributed by atoms with E-state index in [1.807, 2.05) is 9.78 Å². The Bertz CT molecular complexity index is 1160. The van der Waals surface area contributed by atoms with Crippen molar-refractivity contribution in [1.29, 1.82) is 0 Å². The van der Waals surface area contributed by atoms with Crippen LogP contribution < -0.4 is 5.32 Å². The van der Waals surface area contributed by atoms with Crippen LogP contribution >= 0.6 is 11.3 Å². The Kier molecular flexibility index (Phi) is 5.35. The number of aromatic nitrogens is 2. The molecule has 0 saturated carbocycles. The Balaban J connectivity index is 1.42. The summed E-state index contributed by atoms with van der Waals surface area (Å²) in [6.07, 6.45) is 2.31. The number of rotatable bonds is 6. The van der Waals surface area contributed by atoms with Crippen LogP contribution in [-0.4, -0.2) is 15.3 Å². The molecule has 2 aromatic heterocycles. The Labute approximate surface area is 168 Å². The first-order valence-corrected chi connectivity index (χ1v) is 9.81. The summed E-state index contributed by atoms with van der Waals surface area (Å²) in [6.45, 7) is -0.209. The van der Waals surface area contributed by atoms with E-state index >= 15 is 0 Å². The van der Waals surface area contributed by atoms with Crippen molar-refractivity contribution in [3.63, 3.8) is 0 Å². The van der Waals surface area contributed by atoms with Crippen LogP contribution in [0.3, 0.4) is 0 Å². The maximum atomic E-state index is 14.0. The molecule has 0 bridgehead atoms. The number of benzene rings is 2. The lowest BCUT2D eigenvalue weighted by molar-refractivity contribution is -0.121. The Morgan fingerprint density at radius 3 is 2.52 bits per heavy atom. The van der Waals surface area contributed by atoms with Crippen LogP contribution in [-0.2, 0) is 17.8 Å². The molecule has 4 nitrogen and oxygen atoms in total. The average molecular weight is 415 g/mol. The number of halogens is 3. The molecule has 8 heteroatoms. The molecule has 4 aromatic rings. The number of amides is 1. The molecule has 4 rings (SSSR count). The highest BCUT2D eigenvalue weighted by molar-refractivity contribution is 7.15. The van der Waals surface area contributed by atoms with Gasteiger partial charge in [0.05, 0.1) is 5.69 Å². The number of aryl methyl sites for hydroxylation is 1. The standard InChI is InChI=1S/C21H16F3N3OS/c22-16-5-2-1-4-14(16)19-11-27-13(12-29-21(27)26-19)8-9-20(28)25-10-15-17(23)6-3-7-18(15)24/h1-7,11-12H,8-10H2,(H,25,28). The average Bonchev–Trinajstić information content (AvgIpc) is 3.27. The van der Waals surface area contributed by atoms with Crippen molar-refractivity contribution in [1.82, 2.24) is 14.7 Å². The molecule has 0 atom stereocenters. The van der Waals surface area contributed by atoms with E-state index in [4.69, 9.17) is 0 Å². The number of nitrogens with one attached hydrogen (secondary N) is 1. The molecule has 1 amide bonds. The summed E-state index contributed by atoms with van der Waals surface area (Å²) in [5.74, 6) is -2.05. The van der Waals surface area contributed by atoms with Gasteiger partial charge < -0.3 is 5.32 Å². The van der Waals surface area contributed by atoms with E-state index in [0.717, 1.165) is 17.8 Å². The lowest BCUT2D eigenvalue weighted by Crippen LogP contribution is -2.24. The fraction of sp³-hybridized carbons (Fsp3) is 0.143. The number of carbonyl (C=O) groups is 1. The van der Waals surface area contributed by atoms with Crippen LogP contribution in [0.1, 0.15) is 17.7 Å². The van der Waals surface area contributed by atoms with Gasteiger partial charge in [0.25, 0.3) is 0 Å². The van der Waals surface area contributed by atoms with Gasteiger partial charge >= 0.3 is 0 Å². The third-order valence-electron chi connectivity index (χ3n) is 4.57. The zero-order chi connectivity index (χ0) is 20.4. The minimum Gasteiger partial charge on any atom is -0.352 e. The second kappa shape index (κ2) is 8.08. The van der Waals surface area contributed by atoms with Crippen LogP contribution in [0.5, 0.6) is 0 Å². The molecule has 1 N–H and O–H groups in total. The van der Waals surface area contributed by atoms with Gasteiger partial charge in [0, 0.05) is 41.4 Å². The SMILES string of the molecule is O=C(CCc1csc2nc(-c3ccccc3F)cn12)NCc1c(F)cccc1F. The molecular weight excluding hydrogens is 399 g/mol. The molecule has 0 aliphatic rings. The van der Waals surface area contributed by atoms with Gasteiger partial charge in [0.1, 0.15) is 17.5 Å². The number of carbonyl (C=O) groups excluding carboxylic acids is 1. The second-order valence-electron chi connectivity index (χ2n) is 6.46. The highest BCUT2D eigenvalue weighted by atomic mass is 32.1. The number of imidazole rings is 1. The second-order valence-corrected chi connectivity index (χ2v) is 7.30. The van der Waals surface area contributed by atoms with Gasteiger partial charge in [-0.3, -0.25) is 9.20 Å². The fourth-order valence-electron chi connectivity index (χ4n) is 3.03. The van der Waals surface area contributed by atoms with Gasteiger partial charge in [-0.1, -0.05) is 18.2 Å². The van der Waals surface area contributed by atoms with Crippen molar-refractivity contribution in [2.24, 2.45) is 0 Å². The minimum atomic E-state index is -0.691. The summed E-state index contributed by atoms with van der Waals surface area (Å²) >= 11 is 1.40. The molecule has 148 valence electrons. The van der Waals surface area contributed by atoms with Crippen molar-refractivity contribution < 1.29 is 18.0 Å². The summed E-state index contributed by atoms with van der Waals surface area (Å²) in [5, 5.41) is 4.43. The van der Waals surface area contributed by atoms with Crippen molar-refractivity contribution in [3.8, 4) is 11.3 Å². The molecule has 0 saturated heterocycles. The van der Waals surface area contributed by atoms with Crippen LogP contribution in [0.25, 0.3) is 16.2 Å². The van der Waals surface area contributed by atoms with E-state index < -0.39 is 11.6 Å². The largest absolute Gasteiger partial charge is 0.352 e. The maximum Gasteiger partial charge on any atom is 0.220 e. The van der Waals surface area contributed by atoms with Crippen molar-refractivity contribution >= 4 is 22.2 Å². The van der Waals surface area contributed by atoms with Gasteiger partial charge in [-0.2, -0.15) is 0 Å². The van der Waals surface area contributed by atoms with E-state index in [0.29, 0.717) is 22.6 Å². The molecule has 29 heavy (non-hydrogen) atoms. The summed E-state index contributed by atoms with van der Waals surface area (Å²) in [6, 6.07) is 9.99. The number of nitrogens with zero attached hydrogens (tertiary/aromatic N) is 2. The molecule has 0 fully saturated rings. The first kappa shape index (κ1) is 19.2. The first-order chi connectivity index (χ1) is 14.0. The van der Waals surface area contributed by atoms with Crippen LogP contribution in [0.2, 0.25) is 0 Å². The van der Waals surface area contributed by atoms with Gasteiger partial charge in [-0.05, 0) is 30.7 Å². The lowest BCUT2D eigenvalue weighted by atomic mass is 10.1. The van der Waals surface area contributed by atoms with E-state index in [2.05, 4.69) is 10.3 Å². The normalized spacial score (nSPS) is 11.1. The third kappa shape index (κ3) is 4.02. The molecule has 0 radical (unpaired) electrons. The zero-order valence-electron chi connectivity index (χ0n) is 15.2. The third-order valence-corrected chi connectivity index (χ3v) is 5.45. The van der Waals surface area contributed by atoms with Gasteiger partial charge in [-0.15, -0.1) is 11.3 Å². The van der Waals surface area contributed by atoms with Crippen molar-refractivity contribution in [2.45, 2.75) is 19.4 Å². The summed E-state index contributed by atoms with van der Waals surface area (Å²) in [4.78, 5) is 17.3. The minimum absolute atomic E-state index is 0.148. The molecule has 2 aromatic carbocycles. The van der Waals surface area contributed by atoms with Crippen molar-refractivity contribution in [2.75, 3.05) is 0 Å². The smallest absolute Gasteiger partial charge is 0.220 e. The number of hydrogen-bond donors (Lipinski definition) is 1. The van der Waals surface area contributed by atoms with Gasteiger partial charge in [0.15, 0.2) is 4.96 Å². The monoisotopic (exact) mass is 415 g/mol. The molecule has 0 aliphatic carbocycles. The predicted octanol–water partition coefficient (Wildman–Crippen LogP) is 4.73. The van der Waals surface area contributed by atoms with Crippen molar-refractivity contribution in [3.05, 3.63) is 82.8 Å².